The molecule has 0 bridgehead atoms. The van der Waals surface area contributed by atoms with Crippen molar-refractivity contribution in [2.75, 3.05) is 13.1 Å². The molecule has 0 radical (unpaired) electrons. The Balaban J connectivity index is 2.60. The number of imide groups is 1. The third kappa shape index (κ3) is 1.71. The molecule has 0 aromatic rings. The van der Waals surface area contributed by atoms with Crippen LogP contribution in [-0.2, 0) is 4.79 Å². The summed E-state index contributed by atoms with van der Waals surface area (Å²) in [5.74, 6) is -0.181. The third-order valence-electron chi connectivity index (χ3n) is 1.46. The lowest BCUT2D eigenvalue weighted by atomic mass is 10.4. The quantitative estimate of drug-likeness (QED) is 0.648. The van der Waals surface area contributed by atoms with Gasteiger partial charge in [0.2, 0.25) is 5.91 Å². The number of carbonyl (C=O) groups is 2. The van der Waals surface area contributed by atoms with E-state index in [0.717, 1.165) is 0 Å². The first-order valence-corrected chi connectivity index (χ1v) is 4.28. The van der Waals surface area contributed by atoms with Crippen molar-refractivity contribution in [2.45, 2.75) is 11.8 Å². The molecule has 0 aromatic carbocycles. The van der Waals surface area contributed by atoms with Gasteiger partial charge >= 0.3 is 6.03 Å². The van der Waals surface area contributed by atoms with E-state index in [0.29, 0.717) is 13.1 Å². The molecular weight excluding hydrogens is 212 g/mol. The van der Waals surface area contributed by atoms with Crippen LogP contribution >= 0.6 is 15.9 Å². The van der Waals surface area contributed by atoms with E-state index < -0.39 is 0 Å². The fraction of sp³-hybridized carbons (Fsp3) is 0.667. The number of halogens is 1. The number of hydrogen-bond donors (Lipinski definition) is 1. The fourth-order valence-corrected chi connectivity index (χ4v) is 1.14. The molecule has 1 fully saturated rings. The molecule has 0 spiro atoms. The van der Waals surface area contributed by atoms with Gasteiger partial charge in [0, 0.05) is 13.1 Å². The topological polar surface area (TPSA) is 49.4 Å². The number of nitrogens with zero attached hydrogens (tertiary/aromatic N) is 1. The minimum Gasteiger partial charge on any atom is -0.336 e. The van der Waals surface area contributed by atoms with Crippen molar-refractivity contribution in [3.05, 3.63) is 0 Å². The van der Waals surface area contributed by atoms with Gasteiger partial charge in [0.25, 0.3) is 0 Å². The maximum atomic E-state index is 11.2. The molecule has 1 rings (SSSR count). The lowest BCUT2D eigenvalue weighted by Crippen LogP contribution is -2.37. The van der Waals surface area contributed by atoms with E-state index in [1.807, 2.05) is 0 Å². The molecule has 0 saturated carbocycles. The first-order chi connectivity index (χ1) is 5.13. The largest absolute Gasteiger partial charge is 0.336 e. The van der Waals surface area contributed by atoms with E-state index in [9.17, 15) is 9.59 Å². The van der Waals surface area contributed by atoms with Crippen molar-refractivity contribution in [3.63, 3.8) is 0 Å². The van der Waals surface area contributed by atoms with Crippen LogP contribution in [0.4, 0.5) is 4.79 Å². The van der Waals surface area contributed by atoms with Crippen LogP contribution < -0.4 is 5.32 Å². The van der Waals surface area contributed by atoms with Gasteiger partial charge in [-0.25, -0.2) is 4.79 Å². The van der Waals surface area contributed by atoms with E-state index in [1.165, 1.54) is 4.90 Å². The molecular formula is C6H9BrN2O2. The second-order valence-electron chi connectivity index (χ2n) is 2.34. The fourth-order valence-electron chi connectivity index (χ4n) is 0.897. The van der Waals surface area contributed by atoms with E-state index in [1.54, 1.807) is 6.92 Å². The number of rotatable bonds is 1. The molecule has 4 nitrogen and oxygen atoms in total. The van der Waals surface area contributed by atoms with Crippen LogP contribution in [0.5, 0.6) is 0 Å². The first-order valence-electron chi connectivity index (χ1n) is 3.36. The number of carbonyl (C=O) groups excluding carboxylic acids is 2. The Morgan fingerprint density at radius 3 is 2.82 bits per heavy atom. The summed E-state index contributed by atoms with van der Waals surface area (Å²) in [7, 11) is 0. The summed E-state index contributed by atoms with van der Waals surface area (Å²) in [6.07, 6.45) is 0. The zero-order valence-corrected chi connectivity index (χ0v) is 7.72. The van der Waals surface area contributed by atoms with Gasteiger partial charge in [-0.15, -0.1) is 0 Å². The Morgan fingerprint density at radius 2 is 2.45 bits per heavy atom. The van der Waals surface area contributed by atoms with Crippen molar-refractivity contribution in [2.24, 2.45) is 0 Å². The molecule has 5 heteroatoms. The average molecular weight is 221 g/mol. The molecule has 1 aliphatic rings. The molecule has 1 heterocycles. The Kier molecular flexibility index (Phi) is 2.49. The van der Waals surface area contributed by atoms with Gasteiger partial charge < -0.3 is 5.32 Å². The smallest absolute Gasteiger partial charge is 0.324 e. The van der Waals surface area contributed by atoms with Crippen LogP contribution in [0.3, 0.4) is 0 Å². The van der Waals surface area contributed by atoms with Crippen LogP contribution in [0.1, 0.15) is 6.92 Å². The third-order valence-corrected chi connectivity index (χ3v) is 1.85. The Hall–Kier alpha value is -0.580. The molecule has 1 saturated heterocycles. The predicted octanol–water partition coefficient (Wildman–Crippen LogP) is 0.322. The molecule has 11 heavy (non-hydrogen) atoms. The van der Waals surface area contributed by atoms with E-state index in [2.05, 4.69) is 21.2 Å². The molecule has 1 atom stereocenters. The standard InChI is InChI=1S/C6H9BrN2O2/c1-4(7)5(10)9-3-2-8-6(9)11/h4H,2-3H2,1H3,(H,8,11). The highest BCUT2D eigenvalue weighted by atomic mass is 79.9. The summed E-state index contributed by atoms with van der Waals surface area (Å²) in [5, 5.41) is 2.55. The molecule has 3 amide bonds. The highest BCUT2D eigenvalue weighted by Gasteiger charge is 2.28. The van der Waals surface area contributed by atoms with Gasteiger partial charge in [-0.05, 0) is 6.92 Å². The van der Waals surface area contributed by atoms with Crippen LogP contribution in [0.25, 0.3) is 0 Å². The summed E-state index contributed by atoms with van der Waals surface area (Å²) in [6.45, 7) is 2.74. The van der Waals surface area contributed by atoms with Crippen LogP contribution in [0.2, 0.25) is 0 Å². The van der Waals surface area contributed by atoms with Crippen LogP contribution in [-0.4, -0.2) is 34.8 Å². The number of alkyl halides is 1. The monoisotopic (exact) mass is 220 g/mol. The summed E-state index contributed by atoms with van der Waals surface area (Å²) in [5.41, 5.74) is 0. The second-order valence-corrected chi connectivity index (χ2v) is 3.71. The Morgan fingerprint density at radius 1 is 1.82 bits per heavy atom. The minimum absolute atomic E-state index is 0.181. The van der Waals surface area contributed by atoms with Gasteiger partial charge in [0.15, 0.2) is 0 Å². The zero-order valence-electron chi connectivity index (χ0n) is 6.13. The number of urea groups is 1. The van der Waals surface area contributed by atoms with Crippen molar-refractivity contribution in [1.29, 1.82) is 0 Å². The molecule has 0 aromatic heterocycles. The SMILES string of the molecule is CC(Br)C(=O)N1CCNC1=O. The van der Waals surface area contributed by atoms with Gasteiger partial charge in [0.05, 0.1) is 4.83 Å². The maximum absolute atomic E-state index is 11.2. The average Bonchev–Trinajstić information content (AvgIpc) is 2.33. The highest BCUT2D eigenvalue weighted by molar-refractivity contribution is 9.10. The van der Waals surface area contributed by atoms with E-state index >= 15 is 0 Å². The van der Waals surface area contributed by atoms with Gasteiger partial charge in [0.1, 0.15) is 0 Å². The molecule has 1 unspecified atom stereocenters. The molecule has 1 N–H and O–H groups in total. The molecule has 1 aliphatic heterocycles. The van der Waals surface area contributed by atoms with Crippen LogP contribution in [0.15, 0.2) is 0 Å². The normalized spacial score (nSPS) is 19.8. The second kappa shape index (κ2) is 3.21. The van der Waals surface area contributed by atoms with E-state index in [4.69, 9.17) is 0 Å². The van der Waals surface area contributed by atoms with Gasteiger partial charge in [-0.3, -0.25) is 9.69 Å². The molecule has 0 aliphatic carbocycles. The predicted molar refractivity (Wildman–Crippen MR) is 43.5 cm³/mol. The summed E-state index contributed by atoms with van der Waals surface area (Å²) < 4.78 is 0. The highest BCUT2D eigenvalue weighted by Crippen LogP contribution is 2.06. The Bertz CT molecular complexity index is 193. The minimum atomic E-state index is -0.290. The maximum Gasteiger partial charge on any atom is 0.324 e. The Labute approximate surface area is 73.1 Å². The number of nitrogens with one attached hydrogen (secondary N) is 1. The number of amides is 3. The number of hydrogen-bond acceptors (Lipinski definition) is 2. The van der Waals surface area contributed by atoms with Gasteiger partial charge in [-0.2, -0.15) is 0 Å². The van der Waals surface area contributed by atoms with Crippen molar-refractivity contribution >= 4 is 27.9 Å². The lowest BCUT2D eigenvalue weighted by molar-refractivity contribution is -0.126. The van der Waals surface area contributed by atoms with Crippen molar-refractivity contribution in [3.8, 4) is 0 Å². The molecule has 62 valence electrons. The first kappa shape index (κ1) is 8.52. The van der Waals surface area contributed by atoms with Crippen molar-refractivity contribution in [1.82, 2.24) is 10.2 Å². The van der Waals surface area contributed by atoms with Crippen LogP contribution in [0, 0.1) is 0 Å². The summed E-state index contributed by atoms with van der Waals surface area (Å²) in [6, 6.07) is -0.290. The summed E-state index contributed by atoms with van der Waals surface area (Å²) in [4.78, 5) is 23.0. The zero-order chi connectivity index (χ0) is 8.43. The van der Waals surface area contributed by atoms with Crippen molar-refractivity contribution < 1.29 is 9.59 Å². The van der Waals surface area contributed by atoms with Gasteiger partial charge in [-0.1, -0.05) is 15.9 Å². The lowest BCUT2D eigenvalue weighted by Gasteiger charge is -2.12. The summed E-state index contributed by atoms with van der Waals surface area (Å²) >= 11 is 3.11. The van der Waals surface area contributed by atoms with E-state index in [-0.39, 0.29) is 16.8 Å².